The zero-order valence-corrected chi connectivity index (χ0v) is 22.9. The maximum atomic E-state index is 15.0. The first-order valence-electron chi connectivity index (χ1n) is 13.6. The van der Waals surface area contributed by atoms with Crippen LogP contribution < -0.4 is 5.32 Å². The molecule has 10 heteroatoms. The van der Waals surface area contributed by atoms with Gasteiger partial charge in [0, 0.05) is 61.5 Å². The van der Waals surface area contributed by atoms with E-state index < -0.39 is 11.6 Å². The number of hydrogen-bond donors (Lipinski definition) is 1. The second kappa shape index (κ2) is 10.2. The van der Waals surface area contributed by atoms with E-state index in [4.69, 9.17) is 4.98 Å². The van der Waals surface area contributed by atoms with Gasteiger partial charge in [-0.25, -0.2) is 23.7 Å². The molecule has 2 aliphatic rings. The van der Waals surface area contributed by atoms with Crippen LogP contribution in [0.2, 0.25) is 0 Å². The lowest BCUT2D eigenvalue weighted by atomic mass is 9.99. The van der Waals surface area contributed by atoms with Gasteiger partial charge >= 0.3 is 0 Å². The Kier molecular flexibility index (Phi) is 6.76. The average molecular weight is 533 g/mol. The third kappa shape index (κ3) is 4.98. The molecular weight excluding hydrogens is 498 g/mol. The predicted molar refractivity (Wildman–Crippen MR) is 148 cm³/mol. The largest absolute Gasteiger partial charge is 0.309 e. The van der Waals surface area contributed by atoms with Gasteiger partial charge in [-0.15, -0.1) is 0 Å². The highest BCUT2D eigenvalue weighted by Crippen LogP contribution is 2.32. The summed E-state index contributed by atoms with van der Waals surface area (Å²) < 4.78 is 31.6. The summed E-state index contributed by atoms with van der Waals surface area (Å²) in [5.74, 6) is -0.206. The van der Waals surface area contributed by atoms with Gasteiger partial charge in [0.15, 0.2) is 11.6 Å². The van der Waals surface area contributed by atoms with Crippen molar-refractivity contribution in [3.05, 3.63) is 59.0 Å². The lowest BCUT2D eigenvalue weighted by Crippen LogP contribution is -2.48. The zero-order valence-electron chi connectivity index (χ0n) is 22.9. The number of likely N-dealkylation sites (N-methyl/N-ethyl adjacent to an activating group) is 1. The molecule has 0 spiro atoms. The van der Waals surface area contributed by atoms with E-state index in [1.54, 1.807) is 17.8 Å². The van der Waals surface area contributed by atoms with Crippen LogP contribution in [0.15, 0.2) is 30.5 Å². The minimum Gasteiger partial charge on any atom is -0.309 e. The Bertz CT molecular complexity index is 1530. The number of rotatable bonds is 5. The van der Waals surface area contributed by atoms with E-state index in [9.17, 15) is 4.39 Å². The highest BCUT2D eigenvalue weighted by atomic mass is 19.1. The standard InChI is InChI=1S/C29H34F2N8/c1-17(2)28-21-12-19(13-22(30)27(21)36-38(28)4)26-23(31)14-32-29(35-26)34-25-8-7-18-15-39(11-9-24(18)33-25)20-6-5-10-37(3)16-20/h7-8,12-14,17,20H,5-6,9-11,15-16H2,1-4H3,(H,32,33,34,35). The summed E-state index contributed by atoms with van der Waals surface area (Å²) in [5.41, 5.74) is 3.81. The molecule has 5 heterocycles. The van der Waals surface area contributed by atoms with Crippen LogP contribution in [0.5, 0.6) is 0 Å². The van der Waals surface area contributed by atoms with Gasteiger partial charge < -0.3 is 10.2 Å². The molecule has 1 aromatic carbocycles. The molecular formula is C29H34F2N8. The third-order valence-electron chi connectivity index (χ3n) is 7.94. The number of anilines is 2. The van der Waals surface area contributed by atoms with Gasteiger partial charge in [-0.05, 0) is 56.1 Å². The maximum absolute atomic E-state index is 15.0. The molecule has 0 radical (unpaired) electrons. The van der Waals surface area contributed by atoms with Gasteiger partial charge in [0.1, 0.15) is 17.0 Å². The van der Waals surface area contributed by atoms with Gasteiger partial charge in [0.2, 0.25) is 5.95 Å². The second-order valence-electron chi connectivity index (χ2n) is 11.1. The number of hydrogen-bond acceptors (Lipinski definition) is 7. The molecule has 4 aromatic rings. The lowest BCUT2D eigenvalue weighted by Gasteiger charge is -2.40. The van der Waals surface area contributed by atoms with E-state index >= 15 is 4.39 Å². The molecule has 0 aliphatic carbocycles. The van der Waals surface area contributed by atoms with E-state index in [0.717, 1.165) is 43.6 Å². The number of halogens is 2. The zero-order chi connectivity index (χ0) is 27.3. The molecule has 2 aliphatic heterocycles. The van der Waals surface area contributed by atoms with Gasteiger partial charge in [-0.2, -0.15) is 5.10 Å². The highest BCUT2D eigenvalue weighted by Gasteiger charge is 2.27. The molecule has 1 unspecified atom stereocenters. The normalized spacial score (nSPS) is 18.6. The number of likely N-dealkylation sites (tertiary alicyclic amines) is 1. The molecule has 3 aromatic heterocycles. The van der Waals surface area contributed by atoms with E-state index in [2.05, 4.69) is 43.3 Å². The quantitative estimate of drug-likeness (QED) is 0.387. The topological polar surface area (TPSA) is 75.0 Å². The van der Waals surface area contributed by atoms with Crippen molar-refractivity contribution < 1.29 is 8.78 Å². The summed E-state index contributed by atoms with van der Waals surface area (Å²) in [7, 11) is 3.99. The van der Waals surface area contributed by atoms with Crippen LogP contribution in [-0.4, -0.2) is 67.3 Å². The number of nitrogens with one attached hydrogen (secondary N) is 1. The Balaban J connectivity index is 1.25. The summed E-state index contributed by atoms with van der Waals surface area (Å²) in [6, 6.07) is 7.64. The van der Waals surface area contributed by atoms with Crippen molar-refractivity contribution in [1.82, 2.24) is 34.5 Å². The van der Waals surface area contributed by atoms with E-state index in [1.165, 1.54) is 31.0 Å². The van der Waals surface area contributed by atoms with Crippen LogP contribution in [-0.2, 0) is 20.0 Å². The Morgan fingerprint density at radius 2 is 1.90 bits per heavy atom. The number of aryl methyl sites for hydroxylation is 1. The summed E-state index contributed by atoms with van der Waals surface area (Å²) in [5, 5.41) is 8.10. The van der Waals surface area contributed by atoms with Crippen LogP contribution in [0, 0.1) is 11.6 Å². The lowest BCUT2D eigenvalue weighted by molar-refractivity contribution is 0.100. The van der Waals surface area contributed by atoms with E-state index in [1.807, 2.05) is 19.9 Å². The first-order valence-corrected chi connectivity index (χ1v) is 13.6. The minimum atomic E-state index is -0.624. The van der Waals surface area contributed by atoms with E-state index in [0.29, 0.717) is 22.8 Å². The molecule has 6 rings (SSSR count). The van der Waals surface area contributed by atoms with Gasteiger partial charge in [-0.1, -0.05) is 19.9 Å². The van der Waals surface area contributed by atoms with Gasteiger partial charge in [-0.3, -0.25) is 9.58 Å². The number of aromatic nitrogens is 5. The second-order valence-corrected chi connectivity index (χ2v) is 11.1. The summed E-state index contributed by atoms with van der Waals surface area (Å²) in [6.45, 7) is 8.22. The summed E-state index contributed by atoms with van der Waals surface area (Å²) in [6.07, 6.45) is 4.47. The van der Waals surface area contributed by atoms with Crippen LogP contribution in [0.25, 0.3) is 22.2 Å². The Hall–Kier alpha value is -3.50. The van der Waals surface area contributed by atoms with Crippen LogP contribution >= 0.6 is 0 Å². The SMILES string of the molecule is CC(C)c1c2cc(-c3nc(Nc4ccc5c(n4)CCN(C4CCCN(C)C4)C5)ncc3F)cc(F)c2nn1C. The molecule has 1 saturated heterocycles. The molecule has 0 amide bonds. The molecule has 1 N–H and O–H groups in total. The number of benzene rings is 1. The number of pyridine rings is 1. The predicted octanol–water partition coefficient (Wildman–Crippen LogP) is 5.02. The fraction of sp³-hybridized carbons (Fsp3) is 0.448. The monoisotopic (exact) mass is 532 g/mol. The van der Waals surface area contributed by atoms with Crippen molar-refractivity contribution in [2.75, 3.05) is 32.0 Å². The molecule has 1 atom stereocenters. The maximum Gasteiger partial charge on any atom is 0.229 e. The molecule has 0 saturated carbocycles. The Labute approximate surface area is 227 Å². The first kappa shape index (κ1) is 25.8. The van der Waals surface area contributed by atoms with Crippen molar-refractivity contribution in [1.29, 1.82) is 0 Å². The number of piperidine rings is 1. The highest BCUT2D eigenvalue weighted by molar-refractivity contribution is 5.87. The molecule has 8 nitrogen and oxygen atoms in total. The van der Waals surface area contributed by atoms with Gasteiger partial charge in [0.05, 0.1) is 6.20 Å². The number of nitrogens with zero attached hydrogens (tertiary/aromatic N) is 7. The molecule has 39 heavy (non-hydrogen) atoms. The van der Waals surface area contributed by atoms with Crippen molar-refractivity contribution in [3.63, 3.8) is 0 Å². The fourth-order valence-electron chi connectivity index (χ4n) is 6.10. The molecule has 1 fully saturated rings. The van der Waals surface area contributed by atoms with Crippen molar-refractivity contribution in [2.45, 2.75) is 51.6 Å². The first-order chi connectivity index (χ1) is 18.8. The minimum absolute atomic E-state index is 0.0258. The third-order valence-corrected chi connectivity index (χ3v) is 7.94. The van der Waals surface area contributed by atoms with Crippen molar-refractivity contribution in [2.24, 2.45) is 7.05 Å². The average Bonchev–Trinajstić information content (AvgIpc) is 3.26. The van der Waals surface area contributed by atoms with Gasteiger partial charge in [0.25, 0.3) is 0 Å². The molecule has 0 bridgehead atoms. The summed E-state index contributed by atoms with van der Waals surface area (Å²) in [4.78, 5) is 18.4. The Morgan fingerprint density at radius 3 is 2.69 bits per heavy atom. The van der Waals surface area contributed by atoms with Crippen LogP contribution in [0.1, 0.15) is 49.6 Å². The van der Waals surface area contributed by atoms with Crippen molar-refractivity contribution in [3.8, 4) is 11.3 Å². The molecule has 204 valence electrons. The van der Waals surface area contributed by atoms with Crippen LogP contribution in [0.4, 0.5) is 20.5 Å². The van der Waals surface area contributed by atoms with Crippen LogP contribution in [0.3, 0.4) is 0 Å². The fourth-order valence-corrected chi connectivity index (χ4v) is 6.10. The van der Waals surface area contributed by atoms with E-state index in [-0.39, 0.29) is 23.1 Å². The van der Waals surface area contributed by atoms with Crippen molar-refractivity contribution >= 4 is 22.7 Å². The summed E-state index contributed by atoms with van der Waals surface area (Å²) >= 11 is 0. The smallest absolute Gasteiger partial charge is 0.229 e. The Morgan fingerprint density at radius 1 is 1.05 bits per heavy atom. The number of fused-ring (bicyclic) bond motifs is 2.